The van der Waals surface area contributed by atoms with Gasteiger partial charge in [-0.25, -0.2) is 0 Å². The second-order valence-electron chi connectivity index (χ2n) is 8.26. The van der Waals surface area contributed by atoms with E-state index in [-0.39, 0.29) is 5.60 Å². The van der Waals surface area contributed by atoms with Gasteiger partial charge in [-0.2, -0.15) is 0 Å². The smallest absolute Gasteiger partial charge is 0.123 e. The first-order valence-corrected chi connectivity index (χ1v) is 9.67. The van der Waals surface area contributed by atoms with Crippen LogP contribution in [0.25, 0.3) is 0 Å². The topological polar surface area (TPSA) is 12.5 Å². The summed E-state index contributed by atoms with van der Waals surface area (Å²) in [6, 6.07) is 17.8. The summed E-state index contributed by atoms with van der Waals surface area (Å²) < 4.78 is 6.11. The molecular weight excluding hydrogens is 306 g/mol. The second-order valence-corrected chi connectivity index (χ2v) is 8.26. The lowest BCUT2D eigenvalue weighted by Gasteiger charge is -2.34. The SMILES string of the molecule is CC1(C)CCc2cc(CN3CCC(c4ccccc4)CC3)ccc2O1. The molecule has 2 nitrogen and oxygen atoms in total. The molecule has 0 aliphatic carbocycles. The van der Waals surface area contributed by atoms with Crippen molar-refractivity contribution in [1.82, 2.24) is 4.90 Å². The lowest BCUT2D eigenvalue weighted by Crippen LogP contribution is -2.33. The minimum atomic E-state index is -0.0200. The van der Waals surface area contributed by atoms with Gasteiger partial charge in [-0.3, -0.25) is 4.90 Å². The lowest BCUT2D eigenvalue weighted by molar-refractivity contribution is 0.0845. The first kappa shape index (κ1) is 16.7. The summed E-state index contributed by atoms with van der Waals surface area (Å²) in [5.74, 6) is 1.82. The maximum atomic E-state index is 6.11. The lowest BCUT2D eigenvalue weighted by atomic mass is 9.89. The van der Waals surface area contributed by atoms with Crippen LogP contribution in [0.3, 0.4) is 0 Å². The van der Waals surface area contributed by atoms with Gasteiger partial charge in [0, 0.05) is 6.54 Å². The number of ether oxygens (including phenoxy) is 1. The Morgan fingerprint density at radius 2 is 1.80 bits per heavy atom. The van der Waals surface area contributed by atoms with Gasteiger partial charge < -0.3 is 4.74 Å². The van der Waals surface area contributed by atoms with Crippen molar-refractivity contribution in [2.75, 3.05) is 13.1 Å². The van der Waals surface area contributed by atoms with E-state index in [0.717, 1.165) is 31.1 Å². The Bertz CT molecular complexity index is 714. The largest absolute Gasteiger partial charge is 0.488 e. The predicted molar refractivity (Wildman–Crippen MR) is 103 cm³/mol. The molecule has 132 valence electrons. The molecule has 2 heterocycles. The fraction of sp³-hybridized carbons (Fsp3) is 0.478. The van der Waals surface area contributed by atoms with E-state index < -0.39 is 0 Å². The molecule has 2 aliphatic rings. The summed E-state index contributed by atoms with van der Waals surface area (Å²) in [6.45, 7) is 7.82. The van der Waals surface area contributed by atoms with Crippen molar-refractivity contribution in [3.05, 3.63) is 65.2 Å². The van der Waals surface area contributed by atoms with Crippen LogP contribution >= 0.6 is 0 Å². The maximum absolute atomic E-state index is 6.11. The highest BCUT2D eigenvalue weighted by Crippen LogP contribution is 2.34. The van der Waals surface area contributed by atoms with E-state index in [1.54, 1.807) is 0 Å². The Kier molecular flexibility index (Phi) is 4.56. The number of aryl methyl sites for hydroxylation is 1. The molecule has 0 radical (unpaired) electrons. The Labute approximate surface area is 151 Å². The Morgan fingerprint density at radius 3 is 2.56 bits per heavy atom. The Morgan fingerprint density at radius 1 is 1.04 bits per heavy atom. The Hall–Kier alpha value is -1.80. The summed E-state index contributed by atoms with van der Waals surface area (Å²) in [5, 5.41) is 0. The molecule has 1 fully saturated rings. The van der Waals surface area contributed by atoms with Gasteiger partial charge in [-0.1, -0.05) is 42.5 Å². The predicted octanol–water partition coefficient (Wildman–Crippen LogP) is 5.17. The number of hydrogen-bond acceptors (Lipinski definition) is 2. The molecule has 2 aromatic rings. The first-order chi connectivity index (χ1) is 12.1. The average molecular weight is 335 g/mol. The highest BCUT2D eigenvalue weighted by molar-refractivity contribution is 5.39. The highest BCUT2D eigenvalue weighted by Gasteiger charge is 2.27. The minimum Gasteiger partial charge on any atom is -0.488 e. The molecule has 0 N–H and O–H groups in total. The molecule has 2 aliphatic heterocycles. The quantitative estimate of drug-likeness (QED) is 0.767. The number of likely N-dealkylation sites (tertiary alicyclic amines) is 1. The number of hydrogen-bond donors (Lipinski definition) is 0. The molecule has 0 saturated carbocycles. The zero-order chi connectivity index (χ0) is 17.3. The molecule has 0 amide bonds. The van der Waals surface area contributed by atoms with E-state index >= 15 is 0 Å². The third-order valence-corrected chi connectivity index (χ3v) is 5.77. The van der Waals surface area contributed by atoms with E-state index in [1.165, 1.54) is 42.6 Å². The van der Waals surface area contributed by atoms with Crippen molar-refractivity contribution in [2.45, 2.75) is 57.6 Å². The average Bonchev–Trinajstić information content (AvgIpc) is 2.63. The van der Waals surface area contributed by atoms with Gasteiger partial charge in [0.15, 0.2) is 0 Å². The van der Waals surface area contributed by atoms with Crippen LogP contribution in [0.5, 0.6) is 5.75 Å². The normalized spacial score (nSPS) is 20.7. The van der Waals surface area contributed by atoms with Gasteiger partial charge in [0.25, 0.3) is 0 Å². The molecule has 25 heavy (non-hydrogen) atoms. The fourth-order valence-electron chi connectivity index (χ4n) is 4.22. The molecule has 1 saturated heterocycles. The van der Waals surface area contributed by atoms with Crippen LogP contribution in [0.1, 0.15) is 55.7 Å². The van der Waals surface area contributed by atoms with Crippen molar-refractivity contribution >= 4 is 0 Å². The number of fused-ring (bicyclic) bond motifs is 1. The summed E-state index contributed by atoms with van der Waals surface area (Å²) in [7, 11) is 0. The van der Waals surface area contributed by atoms with Gasteiger partial charge in [-0.15, -0.1) is 0 Å². The standard InChI is InChI=1S/C23H29NO/c1-23(2)13-10-21-16-18(8-9-22(21)25-23)17-24-14-11-20(12-15-24)19-6-4-3-5-7-19/h3-9,16,20H,10-15,17H2,1-2H3. The maximum Gasteiger partial charge on any atom is 0.123 e. The van der Waals surface area contributed by atoms with Crippen LogP contribution in [-0.4, -0.2) is 23.6 Å². The third kappa shape index (κ3) is 3.90. The monoisotopic (exact) mass is 335 g/mol. The first-order valence-electron chi connectivity index (χ1n) is 9.67. The van der Waals surface area contributed by atoms with E-state index in [4.69, 9.17) is 4.74 Å². The van der Waals surface area contributed by atoms with Crippen molar-refractivity contribution in [3.8, 4) is 5.75 Å². The van der Waals surface area contributed by atoms with Gasteiger partial charge in [0.05, 0.1) is 0 Å². The van der Waals surface area contributed by atoms with Gasteiger partial charge >= 0.3 is 0 Å². The summed E-state index contributed by atoms with van der Waals surface area (Å²) in [6.07, 6.45) is 4.77. The van der Waals surface area contributed by atoms with Crippen molar-refractivity contribution in [1.29, 1.82) is 0 Å². The highest BCUT2D eigenvalue weighted by atomic mass is 16.5. The van der Waals surface area contributed by atoms with Crippen LogP contribution in [-0.2, 0) is 13.0 Å². The van der Waals surface area contributed by atoms with Gasteiger partial charge in [0.1, 0.15) is 11.4 Å². The van der Waals surface area contributed by atoms with Crippen LogP contribution in [0.2, 0.25) is 0 Å². The minimum absolute atomic E-state index is 0.0200. The van der Waals surface area contributed by atoms with Crippen LogP contribution in [0.4, 0.5) is 0 Å². The molecule has 0 bridgehead atoms. The molecule has 0 atom stereocenters. The van der Waals surface area contributed by atoms with Gasteiger partial charge in [0.2, 0.25) is 0 Å². The number of benzene rings is 2. The van der Waals surface area contributed by atoms with Crippen LogP contribution in [0.15, 0.2) is 48.5 Å². The van der Waals surface area contributed by atoms with E-state index in [9.17, 15) is 0 Å². The summed E-state index contributed by atoms with van der Waals surface area (Å²) >= 11 is 0. The molecule has 4 rings (SSSR count). The zero-order valence-electron chi connectivity index (χ0n) is 15.5. The second kappa shape index (κ2) is 6.84. The van der Waals surface area contributed by atoms with Gasteiger partial charge in [-0.05, 0) is 81.3 Å². The summed E-state index contributed by atoms with van der Waals surface area (Å²) in [4.78, 5) is 2.61. The van der Waals surface area contributed by atoms with Crippen molar-refractivity contribution in [2.24, 2.45) is 0 Å². The number of piperidine rings is 1. The van der Waals surface area contributed by atoms with E-state index in [0.29, 0.717) is 0 Å². The van der Waals surface area contributed by atoms with Crippen LogP contribution in [0, 0.1) is 0 Å². The molecular formula is C23H29NO. The molecule has 0 aromatic heterocycles. The third-order valence-electron chi connectivity index (χ3n) is 5.77. The van der Waals surface area contributed by atoms with Crippen molar-refractivity contribution in [3.63, 3.8) is 0 Å². The summed E-state index contributed by atoms with van der Waals surface area (Å²) in [5.41, 5.74) is 4.31. The van der Waals surface area contributed by atoms with E-state index in [2.05, 4.69) is 67.3 Å². The van der Waals surface area contributed by atoms with E-state index in [1.807, 2.05) is 0 Å². The number of rotatable bonds is 3. The van der Waals surface area contributed by atoms with Crippen LogP contribution < -0.4 is 4.74 Å². The zero-order valence-corrected chi connectivity index (χ0v) is 15.5. The Balaban J connectivity index is 1.36. The van der Waals surface area contributed by atoms with Crippen molar-refractivity contribution < 1.29 is 4.74 Å². The molecule has 0 unspecified atom stereocenters. The number of nitrogens with zero attached hydrogens (tertiary/aromatic N) is 1. The molecule has 2 aromatic carbocycles. The molecule has 2 heteroatoms. The molecule has 0 spiro atoms. The fourth-order valence-corrected chi connectivity index (χ4v) is 4.22.